The predicted octanol–water partition coefficient (Wildman–Crippen LogP) is 1.57. The normalized spacial score (nSPS) is 21.1. The Morgan fingerprint density at radius 3 is 2.96 bits per heavy atom. The number of amides is 1. The number of pyridine rings is 1. The predicted molar refractivity (Wildman–Crippen MR) is 89.1 cm³/mol. The molecule has 130 valence electrons. The van der Waals surface area contributed by atoms with Crippen LogP contribution in [-0.4, -0.2) is 57.7 Å². The summed E-state index contributed by atoms with van der Waals surface area (Å²) in [6.45, 7) is 2.56. The number of carbonyl (C=O) groups excluding carboxylic acids is 1. The van der Waals surface area contributed by atoms with E-state index in [1.165, 1.54) is 12.4 Å². The van der Waals surface area contributed by atoms with Crippen LogP contribution in [0.4, 0.5) is 0 Å². The molecule has 7 heteroatoms. The van der Waals surface area contributed by atoms with Gasteiger partial charge in [-0.1, -0.05) is 6.07 Å². The van der Waals surface area contributed by atoms with Crippen LogP contribution in [0.5, 0.6) is 5.88 Å². The van der Waals surface area contributed by atoms with Gasteiger partial charge in [-0.15, -0.1) is 0 Å². The van der Waals surface area contributed by atoms with Crippen molar-refractivity contribution in [3.05, 3.63) is 48.7 Å². The molecule has 0 saturated carbocycles. The zero-order chi connectivity index (χ0) is 17.1. The summed E-state index contributed by atoms with van der Waals surface area (Å²) in [5.41, 5.74) is 0.149. The van der Waals surface area contributed by atoms with E-state index in [0.29, 0.717) is 37.2 Å². The Morgan fingerprint density at radius 2 is 2.20 bits per heavy atom. The molecule has 1 atom stereocenters. The lowest BCUT2D eigenvalue weighted by Crippen LogP contribution is -2.66. The third-order valence-electron chi connectivity index (χ3n) is 4.94. The minimum absolute atomic E-state index is 0.0855. The molecule has 0 radical (unpaired) electrons. The lowest BCUT2D eigenvalue weighted by atomic mass is 9.79. The van der Waals surface area contributed by atoms with Crippen molar-refractivity contribution in [1.82, 2.24) is 19.9 Å². The molecule has 25 heavy (non-hydrogen) atoms. The van der Waals surface area contributed by atoms with Gasteiger partial charge in [0.25, 0.3) is 5.91 Å². The SMILES string of the molecule is O=C(c1cnccn1)N1CC2(C1)OCCC2CCOc1ccccn1. The maximum Gasteiger partial charge on any atom is 0.274 e. The monoisotopic (exact) mass is 340 g/mol. The van der Waals surface area contributed by atoms with Crippen LogP contribution in [0.1, 0.15) is 23.3 Å². The second-order valence-electron chi connectivity index (χ2n) is 6.46. The summed E-state index contributed by atoms with van der Waals surface area (Å²) in [5.74, 6) is 0.948. The molecule has 4 heterocycles. The zero-order valence-corrected chi connectivity index (χ0v) is 13.9. The molecule has 4 rings (SSSR count). The largest absolute Gasteiger partial charge is 0.478 e. The molecule has 1 unspecified atom stereocenters. The third kappa shape index (κ3) is 3.19. The first-order chi connectivity index (χ1) is 12.3. The Morgan fingerprint density at radius 1 is 1.28 bits per heavy atom. The summed E-state index contributed by atoms with van der Waals surface area (Å²) in [6.07, 6.45) is 8.21. The summed E-state index contributed by atoms with van der Waals surface area (Å²) in [5, 5.41) is 0. The van der Waals surface area contributed by atoms with Gasteiger partial charge in [0.2, 0.25) is 5.88 Å². The van der Waals surface area contributed by atoms with Crippen LogP contribution >= 0.6 is 0 Å². The summed E-state index contributed by atoms with van der Waals surface area (Å²) in [6, 6.07) is 5.62. The van der Waals surface area contributed by atoms with Crippen molar-refractivity contribution in [2.24, 2.45) is 5.92 Å². The van der Waals surface area contributed by atoms with E-state index in [-0.39, 0.29) is 11.5 Å². The Hall–Kier alpha value is -2.54. The molecule has 2 aliphatic heterocycles. The maximum absolute atomic E-state index is 12.4. The van der Waals surface area contributed by atoms with E-state index < -0.39 is 0 Å². The molecular formula is C18H20N4O3. The number of nitrogens with zero attached hydrogens (tertiary/aromatic N) is 4. The van der Waals surface area contributed by atoms with E-state index in [2.05, 4.69) is 15.0 Å². The van der Waals surface area contributed by atoms with E-state index in [1.807, 2.05) is 18.2 Å². The molecule has 2 aliphatic rings. The first-order valence-electron chi connectivity index (χ1n) is 8.50. The number of aromatic nitrogens is 3. The molecule has 2 fully saturated rings. The minimum Gasteiger partial charge on any atom is -0.478 e. The van der Waals surface area contributed by atoms with Gasteiger partial charge >= 0.3 is 0 Å². The highest BCUT2D eigenvalue weighted by atomic mass is 16.5. The Balaban J connectivity index is 1.31. The van der Waals surface area contributed by atoms with Gasteiger partial charge in [0, 0.05) is 31.3 Å². The second kappa shape index (κ2) is 6.76. The lowest BCUT2D eigenvalue weighted by Gasteiger charge is -2.50. The van der Waals surface area contributed by atoms with Crippen LogP contribution in [-0.2, 0) is 4.74 Å². The van der Waals surface area contributed by atoms with Crippen molar-refractivity contribution in [3.63, 3.8) is 0 Å². The standard InChI is InChI=1S/C18H20N4O3/c23-17(15-11-19-7-8-20-15)22-12-18(13-22)14(5-10-25-18)4-9-24-16-3-1-2-6-21-16/h1-3,6-8,11,14H,4-5,9-10,12-13H2. The zero-order valence-electron chi connectivity index (χ0n) is 13.9. The van der Waals surface area contributed by atoms with Gasteiger partial charge in [0.1, 0.15) is 11.3 Å². The van der Waals surface area contributed by atoms with Crippen molar-refractivity contribution in [2.75, 3.05) is 26.3 Å². The van der Waals surface area contributed by atoms with Gasteiger partial charge in [-0.05, 0) is 24.8 Å². The van der Waals surface area contributed by atoms with Crippen molar-refractivity contribution >= 4 is 5.91 Å². The van der Waals surface area contributed by atoms with Crippen molar-refractivity contribution in [2.45, 2.75) is 18.4 Å². The van der Waals surface area contributed by atoms with Crippen molar-refractivity contribution in [3.8, 4) is 5.88 Å². The Bertz CT molecular complexity index is 720. The quantitative estimate of drug-likeness (QED) is 0.822. The lowest BCUT2D eigenvalue weighted by molar-refractivity contribution is -0.119. The summed E-state index contributed by atoms with van der Waals surface area (Å²) >= 11 is 0. The topological polar surface area (TPSA) is 77.4 Å². The molecule has 7 nitrogen and oxygen atoms in total. The molecule has 0 N–H and O–H groups in total. The molecule has 2 aromatic heterocycles. The van der Waals surface area contributed by atoms with Gasteiger partial charge in [-0.2, -0.15) is 0 Å². The summed E-state index contributed by atoms with van der Waals surface area (Å²) < 4.78 is 11.7. The van der Waals surface area contributed by atoms with Gasteiger partial charge in [-0.25, -0.2) is 9.97 Å². The number of hydrogen-bond donors (Lipinski definition) is 0. The van der Waals surface area contributed by atoms with Crippen LogP contribution in [0, 0.1) is 5.92 Å². The molecule has 2 saturated heterocycles. The van der Waals surface area contributed by atoms with Gasteiger partial charge in [0.15, 0.2) is 0 Å². The van der Waals surface area contributed by atoms with E-state index >= 15 is 0 Å². The Labute approximate surface area is 146 Å². The number of hydrogen-bond acceptors (Lipinski definition) is 6. The highest BCUT2D eigenvalue weighted by Crippen LogP contribution is 2.42. The maximum atomic E-state index is 12.4. The molecule has 0 bridgehead atoms. The number of likely N-dealkylation sites (tertiary alicyclic amines) is 1. The molecule has 2 aromatic rings. The van der Waals surface area contributed by atoms with Crippen LogP contribution in [0.2, 0.25) is 0 Å². The Kier molecular flexibility index (Phi) is 4.31. The van der Waals surface area contributed by atoms with E-state index in [9.17, 15) is 4.79 Å². The second-order valence-corrected chi connectivity index (χ2v) is 6.46. The molecule has 0 aliphatic carbocycles. The molecular weight excluding hydrogens is 320 g/mol. The first-order valence-corrected chi connectivity index (χ1v) is 8.50. The fourth-order valence-electron chi connectivity index (χ4n) is 3.60. The summed E-state index contributed by atoms with van der Waals surface area (Å²) in [7, 11) is 0. The van der Waals surface area contributed by atoms with Crippen LogP contribution in [0.3, 0.4) is 0 Å². The smallest absolute Gasteiger partial charge is 0.274 e. The van der Waals surface area contributed by atoms with Gasteiger partial charge in [0.05, 0.1) is 25.9 Å². The fourth-order valence-corrected chi connectivity index (χ4v) is 3.60. The van der Waals surface area contributed by atoms with E-state index in [4.69, 9.17) is 9.47 Å². The third-order valence-corrected chi connectivity index (χ3v) is 4.94. The van der Waals surface area contributed by atoms with Crippen LogP contribution < -0.4 is 4.74 Å². The number of carbonyl (C=O) groups is 1. The first kappa shape index (κ1) is 16.0. The average Bonchev–Trinajstić information content (AvgIpc) is 3.05. The van der Waals surface area contributed by atoms with Gasteiger partial charge in [-0.3, -0.25) is 9.78 Å². The highest BCUT2D eigenvalue weighted by Gasteiger charge is 2.54. The van der Waals surface area contributed by atoms with E-state index in [0.717, 1.165) is 19.4 Å². The van der Waals surface area contributed by atoms with Crippen molar-refractivity contribution < 1.29 is 14.3 Å². The average molecular weight is 340 g/mol. The number of rotatable bonds is 5. The molecule has 1 spiro atoms. The van der Waals surface area contributed by atoms with Gasteiger partial charge < -0.3 is 14.4 Å². The molecule has 1 amide bonds. The molecule has 0 aromatic carbocycles. The summed E-state index contributed by atoms with van der Waals surface area (Å²) in [4.78, 5) is 26.4. The highest BCUT2D eigenvalue weighted by molar-refractivity contribution is 5.92. The van der Waals surface area contributed by atoms with Crippen LogP contribution in [0.15, 0.2) is 43.0 Å². The number of ether oxygens (including phenoxy) is 2. The van der Waals surface area contributed by atoms with Crippen molar-refractivity contribution in [1.29, 1.82) is 0 Å². The van der Waals surface area contributed by atoms with Crippen LogP contribution in [0.25, 0.3) is 0 Å². The minimum atomic E-state index is -0.231. The van der Waals surface area contributed by atoms with E-state index in [1.54, 1.807) is 17.3 Å². The fraction of sp³-hybridized carbons (Fsp3) is 0.444.